The Labute approximate surface area is 248 Å². The van der Waals surface area contributed by atoms with Crippen molar-refractivity contribution in [2.45, 2.75) is 5.41 Å². The fourth-order valence-electron chi connectivity index (χ4n) is 7.50. The van der Waals surface area contributed by atoms with E-state index < -0.39 is 5.41 Å². The molecule has 0 bridgehead atoms. The lowest BCUT2D eigenvalue weighted by atomic mass is 9.67. The van der Waals surface area contributed by atoms with E-state index in [0.29, 0.717) is 0 Å². The highest BCUT2D eigenvalue weighted by Crippen LogP contribution is 2.59. The lowest BCUT2D eigenvalue weighted by Crippen LogP contribution is -2.28. The van der Waals surface area contributed by atoms with Crippen molar-refractivity contribution in [3.63, 3.8) is 0 Å². The Morgan fingerprint density at radius 1 is 0.372 bits per heavy atom. The number of benzene rings is 8. The Kier molecular flexibility index (Phi) is 4.87. The van der Waals surface area contributed by atoms with Crippen LogP contribution < -0.4 is 0 Å². The molecule has 1 aliphatic carbocycles. The first-order valence-electron chi connectivity index (χ1n) is 14.6. The standard InChI is InChI=1S/C41H26O2/c42-34-16-11-28-19-32(14-9-30(28)21-34)41(33-15-10-31-22-35(43)17-12-29(31)20-33)38-18-13-25-5-3-4-8-36(25)40(38)37-23-26-6-1-2-7-27(26)24-39(37)41/h1-24,42-43H. The summed E-state index contributed by atoms with van der Waals surface area (Å²) in [6.07, 6.45) is 0. The van der Waals surface area contributed by atoms with Crippen LogP contribution in [0.15, 0.2) is 146 Å². The lowest BCUT2D eigenvalue weighted by molar-refractivity contribution is 0.475. The van der Waals surface area contributed by atoms with Gasteiger partial charge in [-0.25, -0.2) is 0 Å². The quantitative estimate of drug-likeness (QED) is 0.225. The van der Waals surface area contributed by atoms with E-state index in [0.717, 1.165) is 21.5 Å². The molecule has 2 heteroatoms. The SMILES string of the molecule is Oc1ccc2cc(C3(c4ccc5cc(O)ccc5c4)c4cc5ccccc5cc4-c4c3ccc3ccccc43)ccc2c1. The first kappa shape index (κ1) is 24.0. The van der Waals surface area contributed by atoms with Crippen LogP contribution in [0.3, 0.4) is 0 Å². The third-order valence-electron chi connectivity index (χ3n) is 9.41. The summed E-state index contributed by atoms with van der Waals surface area (Å²) in [4.78, 5) is 0. The summed E-state index contributed by atoms with van der Waals surface area (Å²) in [5.74, 6) is 0.532. The zero-order chi connectivity index (χ0) is 28.7. The maximum Gasteiger partial charge on any atom is 0.116 e. The maximum atomic E-state index is 10.2. The van der Waals surface area contributed by atoms with Crippen molar-refractivity contribution in [1.29, 1.82) is 0 Å². The average Bonchev–Trinajstić information content (AvgIpc) is 3.33. The van der Waals surface area contributed by atoms with Crippen molar-refractivity contribution >= 4 is 43.1 Å². The fourth-order valence-corrected chi connectivity index (χ4v) is 7.50. The monoisotopic (exact) mass is 550 g/mol. The van der Waals surface area contributed by atoms with Crippen molar-refractivity contribution in [1.82, 2.24) is 0 Å². The van der Waals surface area contributed by atoms with E-state index in [1.165, 1.54) is 54.9 Å². The van der Waals surface area contributed by atoms with Gasteiger partial charge >= 0.3 is 0 Å². The van der Waals surface area contributed by atoms with Gasteiger partial charge in [0.1, 0.15) is 11.5 Å². The number of hydrogen-bond donors (Lipinski definition) is 2. The minimum Gasteiger partial charge on any atom is -0.508 e. The lowest BCUT2D eigenvalue weighted by Gasteiger charge is -2.34. The summed E-state index contributed by atoms with van der Waals surface area (Å²) in [5, 5.41) is 29.5. The van der Waals surface area contributed by atoms with Crippen LogP contribution in [0.25, 0.3) is 54.2 Å². The summed E-state index contributed by atoms with van der Waals surface area (Å²) >= 11 is 0. The largest absolute Gasteiger partial charge is 0.508 e. The molecule has 0 radical (unpaired) electrons. The Morgan fingerprint density at radius 2 is 0.860 bits per heavy atom. The summed E-state index contributed by atoms with van der Waals surface area (Å²) in [5.41, 5.74) is 6.79. The smallest absolute Gasteiger partial charge is 0.116 e. The molecule has 0 atom stereocenters. The van der Waals surface area contributed by atoms with E-state index in [4.69, 9.17) is 0 Å². The number of hydrogen-bond acceptors (Lipinski definition) is 2. The number of rotatable bonds is 2. The van der Waals surface area contributed by atoms with Crippen molar-refractivity contribution in [2.75, 3.05) is 0 Å². The van der Waals surface area contributed by atoms with Gasteiger partial charge in [0, 0.05) is 0 Å². The van der Waals surface area contributed by atoms with E-state index in [-0.39, 0.29) is 11.5 Å². The minimum atomic E-state index is -0.600. The van der Waals surface area contributed by atoms with E-state index in [9.17, 15) is 10.2 Å². The zero-order valence-corrected chi connectivity index (χ0v) is 23.3. The third-order valence-corrected chi connectivity index (χ3v) is 9.41. The van der Waals surface area contributed by atoms with E-state index in [2.05, 4.69) is 109 Å². The Bertz CT molecular complexity index is 2350. The van der Waals surface area contributed by atoms with Crippen molar-refractivity contribution in [2.24, 2.45) is 0 Å². The predicted octanol–water partition coefficient (Wildman–Crippen LogP) is 10.1. The van der Waals surface area contributed by atoms with E-state index >= 15 is 0 Å². The minimum absolute atomic E-state index is 0.266. The molecular formula is C41H26O2. The first-order chi connectivity index (χ1) is 21.1. The molecule has 0 heterocycles. The second-order valence-electron chi connectivity index (χ2n) is 11.7. The molecule has 0 saturated heterocycles. The molecule has 0 spiro atoms. The Hall–Kier alpha value is -5.60. The average molecular weight is 551 g/mol. The number of phenols is 2. The molecule has 8 aromatic rings. The van der Waals surface area contributed by atoms with Crippen molar-refractivity contribution in [3.05, 3.63) is 168 Å². The van der Waals surface area contributed by atoms with Crippen molar-refractivity contribution < 1.29 is 10.2 Å². The van der Waals surface area contributed by atoms with Gasteiger partial charge in [-0.3, -0.25) is 0 Å². The summed E-state index contributed by atoms with van der Waals surface area (Å²) in [6, 6.07) is 51.1. The molecule has 202 valence electrons. The molecule has 8 aromatic carbocycles. The first-order valence-corrected chi connectivity index (χ1v) is 14.6. The van der Waals surface area contributed by atoms with Gasteiger partial charge in [0.2, 0.25) is 0 Å². The van der Waals surface area contributed by atoms with Gasteiger partial charge in [0.05, 0.1) is 5.41 Å². The third kappa shape index (κ3) is 3.35. The second kappa shape index (κ2) is 8.70. The van der Waals surface area contributed by atoms with Crippen LogP contribution in [0.1, 0.15) is 22.3 Å². The Morgan fingerprint density at radius 3 is 1.51 bits per heavy atom. The Balaban J connectivity index is 1.49. The maximum absolute atomic E-state index is 10.2. The van der Waals surface area contributed by atoms with Crippen LogP contribution in [0.4, 0.5) is 0 Å². The highest BCUT2D eigenvalue weighted by Gasteiger charge is 2.47. The molecule has 0 fully saturated rings. The van der Waals surface area contributed by atoms with Crippen LogP contribution >= 0.6 is 0 Å². The summed E-state index contributed by atoms with van der Waals surface area (Å²) < 4.78 is 0. The van der Waals surface area contributed by atoms with Gasteiger partial charge < -0.3 is 10.2 Å². The molecule has 0 aromatic heterocycles. The van der Waals surface area contributed by atoms with Gasteiger partial charge in [-0.2, -0.15) is 0 Å². The zero-order valence-electron chi connectivity index (χ0n) is 23.3. The molecule has 2 N–H and O–H groups in total. The van der Waals surface area contributed by atoms with Gasteiger partial charge in [0.25, 0.3) is 0 Å². The van der Waals surface area contributed by atoms with E-state index in [1.54, 1.807) is 12.1 Å². The van der Waals surface area contributed by atoms with Crippen molar-refractivity contribution in [3.8, 4) is 22.6 Å². The molecule has 0 unspecified atom stereocenters. The van der Waals surface area contributed by atoms with Gasteiger partial charge in [-0.15, -0.1) is 0 Å². The highest BCUT2D eigenvalue weighted by molar-refractivity contribution is 6.07. The normalized spacial score (nSPS) is 13.5. The topological polar surface area (TPSA) is 40.5 Å². The van der Waals surface area contributed by atoms with Gasteiger partial charge in [0.15, 0.2) is 0 Å². The fraction of sp³-hybridized carbons (Fsp3) is 0.0244. The van der Waals surface area contributed by atoms with Crippen LogP contribution in [0, 0.1) is 0 Å². The van der Waals surface area contributed by atoms with Gasteiger partial charge in [-0.05, 0) is 125 Å². The summed E-state index contributed by atoms with van der Waals surface area (Å²) in [6.45, 7) is 0. The predicted molar refractivity (Wildman–Crippen MR) is 177 cm³/mol. The summed E-state index contributed by atoms with van der Waals surface area (Å²) in [7, 11) is 0. The van der Waals surface area contributed by atoms with Crippen LogP contribution in [0.5, 0.6) is 11.5 Å². The second-order valence-corrected chi connectivity index (χ2v) is 11.7. The molecule has 1 aliphatic rings. The number of fused-ring (bicyclic) bond motifs is 8. The number of aromatic hydroxyl groups is 2. The molecule has 9 rings (SSSR count). The van der Waals surface area contributed by atoms with Crippen LogP contribution in [-0.4, -0.2) is 10.2 Å². The molecular weight excluding hydrogens is 524 g/mol. The molecule has 2 nitrogen and oxygen atoms in total. The van der Waals surface area contributed by atoms with Crippen LogP contribution in [0.2, 0.25) is 0 Å². The number of phenolic OH excluding ortho intramolecular Hbond substituents is 2. The highest BCUT2D eigenvalue weighted by atomic mass is 16.3. The molecule has 0 aliphatic heterocycles. The molecule has 0 saturated carbocycles. The molecule has 43 heavy (non-hydrogen) atoms. The van der Waals surface area contributed by atoms with Gasteiger partial charge in [-0.1, -0.05) is 97.1 Å². The van der Waals surface area contributed by atoms with Crippen LogP contribution in [-0.2, 0) is 5.41 Å². The molecule has 0 amide bonds. The van der Waals surface area contributed by atoms with E-state index in [1.807, 2.05) is 24.3 Å².